The number of aromatic nitrogens is 4. The Labute approximate surface area is 150 Å². The number of benzene rings is 1. The minimum atomic E-state index is -1.00. The predicted molar refractivity (Wildman–Crippen MR) is 97.2 cm³/mol. The minimum absolute atomic E-state index is 0.0763. The number of hydrogen-bond acceptors (Lipinski definition) is 5. The van der Waals surface area contributed by atoms with E-state index in [0.717, 1.165) is 43.1 Å². The van der Waals surface area contributed by atoms with Gasteiger partial charge in [0.1, 0.15) is 11.6 Å². The van der Waals surface area contributed by atoms with Gasteiger partial charge in [0.2, 0.25) is 0 Å². The summed E-state index contributed by atoms with van der Waals surface area (Å²) in [4.78, 5) is 22.1. The van der Waals surface area contributed by atoms with E-state index in [-0.39, 0.29) is 5.69 Å². The van der Waals surface area contributed by atoms with Gasteiger partial charge >= 0.3 is 5.97 Å². The lowest BCUT2D eigenvalue weighted by molar-refractivity contribution is 0.0690. The second-order valence-corrected chi connectivity index (χ2v) is 6.36. The average molecular weight is 349 g/mol. The molecule has 26 heavy (non-hydrogen) atoms. The highest BCUT2D eigenvalue weighted by Crippen LogP contribution is 2.29. The van der Waals surface area contributed by atoms with Crippen LogP contribution < -0.4 is 4.90 Å². The van der Waals surface area contributed by atoms with Crippen molar-refractivity contribution in [3.05, 3.63) is 60.0 Å². The van der Waals surface area contributed by atoms with E-state index in [9.17, 15) is 4.79 Å². The number of carbonyl (C=O) groups is 1. The molecule has 0 amide bonds. The maximum atomic E-state index is 11.1. The average Bonchev–Trinajstić information content (AvgIpc) is 3.19. The van der Waals surface area contributed by atoms with E-state index in [0.29, 0.717) is 11.7 Å². The molecule has 1 saturated heterocycles. The van der Waals surface area contributed by atoms with Gasteiger partial charge < -0.3 is 10.0 Å². The highest BCUT2D eigenvalue weighted by atomic mass is 16.4. The number of carboxylic acid groups (broad SMARTS) is 1. The van der Waals surface area contributed by atoms with Crippen LogP contribution in [0.5, 0.6) is 0 Å². The monoisotopic (exact) mass is 349 g/mol. The van der Waals surface area contributed by atoms with Crippen molar-refractivity contribution in [1.29, 1.82) is 0 Å². The second kappa shape index (κ2) is 6.95. The molecule has 1 fully saturated rings. The number of pyridine rings is 1. The van der Waals surface area contributed by atoms with E-state index in [1.165, 1.54) is 6.07 Å². The van der Waals surface area contributed by atoms with Gasteiger partial charge in [0.25, 0.3) is 0 Å². The number of aromatic amines is 1. The topological polar surface area (TPSA) is 95.0 Å². The first-order chi connectivity index (χ1) is 12.7. The van der Waals surface area contributed by atoms with Crippen LogP contribution in [0.2, 0.25) is 0 Å². The smallest absolute Gasteiger partial charge is 0.354 e. The standard InChI is InChI=1S/C19H19N5O2/c25-19(26)15-7-4-8-16(20-15)24-11-9-14(10-12-24)18-21-17(22-23-18)13-5-2-1-3-6-13/h1-8,14H,9-12H2,(H,25,26)(H,21,22,23). The SMILES string of the molecule is O=C(O)c1cccc(N2CCC(c3nc(-c4ccccc4)n[nH]3)CC2)n1. The van der Waals surface area contributed by atoms with E-state index in [1.54, 1.807) is 6.07 Å². The molecule has 0 radical (unpaired) electrons. The van der Waals surface area contributed by atoms with Gasteiger partial charge in [-0.15, -0.1) is 0 Å². The molecular weight excluding hydrogens is 330 g/mol. The van der Waals surface area contributed by atoms with Crippen LogP contribution in [0.25, 0.3) is 11.4 Å². The highest BCUT2D eigenvalue weighted by Gasteiger charge is 2.24. The number of anilines is 1. The third kappa shape index (κ3) is 3.28. The van der Waals surface area contributed by atoms with Crippen molar-refractivity contribution in [1.82, 2.24) is 20.2 Å². The largest absolute Gasteiger partial charge is 0.477 e. The first-order valence-electron chi connectivity index (χ1n) is 8.64. The van der Waals surface area contributed by atoms with Gasteiger partial charge in [-0.05, 0) is 25.0 Å². The molecule has 0 aliphatic carbocycles. The molecule has 0 spiro atoms. The van der Waals surface area contributed by atoms with Crippen LogP contribution in [-0.4, -0.2) is 44.3 Å². The van der Waals surface area contributed by atoms with Crippen LogP contribution in [0, 0.1) is 0 Å². The molecule has 0 unspecified atom stereocenters. The van der Waals surface area contributed by atoms with Gasteiger partial charge in [0.15, 0.2) is 11.5 Å². The van der Waals surface area contributed by atoms with E-state index >= 15 is 0 Å². The van der Waals surface area contributed by atoms with Crippen LogP contribution in [0.15, 0.2) is 48.5 Å². The fourth-order valence-electron chi connectivity index (χ4n) is 3.27. The summed E-state index contributed by atoms with van der Waals surface area (Å²) in [6.07, 6.45) is 1.84. The summed E-state index contributed by atoms with van der Waals surface area (Å²) >= 11 is 0. The number of rotatable bonds is 4. The summed E-state index contributed by atoms with van der Waals surface area (Å²) < 4.78 is 0. The third-order valence-electron chi connectivity index (χ3n) is 4.69. The van der Waals surface area contributed by atoms with E-state index in [1.807, 2.05) is 36.4 Å². The summed E-state index contributed by atoms with van der Waals surface area (Å²) in [6, 6.07) is 15.0. The summed E-state index contributed by atoms with van der Waals surface area (Å²) in [6.45, 7) is 1.62. The number of piperidine rings is 1. The van der Waals surface area contributed by atoms with Gasteiger partial charge in [-0.1, -0.05) is 36.4 Å². The molecule has 132 valence electrons. The van der Waals surface area contributed by atoms with Crippen LogP contribution in [0.3, 0.4) is 0 Å². The minimum Gasteiger partial charge on any atom is -0.477 e. The molecule has 2 N–H and O–H groups in total. The van der Waals surface area contributed by atoms with E-state index in [4.69, 9.17) is 5.11 Å². The summed E-state index contributed by atoms with van der Waals surface area (Å²) in [7, 11) is 0. The van der Waals surface area contributed by atoms with Crippen molar-refractivity contribution in [2.45, 2.75) is 18.8 Å². The molecule has 1 aromatic carbocycles. The lowest BCUT2D eigenvalue weighted by Crippen LogP contribution is -2.34. The first-order valence-corrected chi connectivity index (χ1v) is 8.64. The summed E-state index contributed by atoms with van der Waals surface area (Å²) in [5.74, 6) is 1.66. The van der Waals surface area contributed by atoms with Crippen molar-refractivity contribution >= 4 is 11.8 Å². The van der Waals surface area contributed by atoms with Crippen LogP contribution in [-0.2, 0) is 0 Å². The predicted octanol–water partition coefficient (Wildman–Crippen LogP) is 2.95. The zero-order valence-corrected chi connectivity index (χ0v) is 14.2. The quantitative estimate of drug-likeness (QED) is 0.752. The van der Waals surface area contributed by atoms with Crippen molar-refractivity contribution in [2.75, 3.05) is 18.0 Å². The Morgan fingerprint density at radius 2 is 1.81 bits per heavy atom. The van der Waals surface area contributed by atoms with E-state index in [2.05, 4.69) is 25.1 Å². The molecule has 7 nitrogen and oxygen atoms in total. The Bertz CT molecular complexity index is 901. The Morgan fingerprint density at radius 1 is 1.04 bits per heavy atom. The normalized spacial score (nSPS) is 15.2. The maximum absolute atomic E-state index is 11.1. The Balaban J connectivity index is 1.43. The fraction of sp³-hybridized carbons (Fsp3) is 0.263. The molecule has 0 atom stereocenters. The number of aromatic carboxylic acids is 1. The zero-order chi connectivity index (χ0) is 17.9. The van der Waals surface area contributed by atoms with Crippen LogP contribution in [0.4, 0.5) is 5.82 Å². The zero-order valence-electron chi connectivity index (χ0n) is 14.2. The number of H-pyrrole nitrogens is 1. The van der Waals surface area contributed by atoms with Gasteiger partial charge in [0, 0.05) is 24.6 Å². The fourth-order valence-corrected chi connectivity index (χ4v) is 3.27. The maximum Gasteiger partial charge on any atom is 0.354 e. The van der Waals surface area contributed by atoms with Crippen molar-refractivity contribution < 1.29 is 9.90 Å². The molecule has 1 aliphatic rings. The molecule has 3 aromatic rings. The van der Waals surface area contributed by atoms with Gasteiger partial charge in [-0.3, -0.25) is 5.10 Å². The molecular formula is C19H19N5O2. The third-order valence-corrected chi connectivity index (χ3v) is 4.69. The lowest BCUT2D eigenvalue weighted by Gasteiger charge is -2.31. The molecule has 3 heterocycles. The molecule has 7 heteroatoms. The molecule has 1 aliphatic heterocycles. The van der Waals surface area contributed by atoms with Crippen molar-refractivity contribution in [2.24, 2.45) is 0 Å². The Hall–Kier alpha value is -3.22. The van der Waals surface area contributed by atoms with Crippen LogP contribution >= 0.6 is 0 Å². The molecule has 2 aromatic heterocycles. The van der Waals surface area contributed by atoms with Crippen molar-refractivity contribution in [3.63, 3.8) is 0 Å². The van der Waals surface area contributed by atoms with Crippen LogP contribution in [0.1, 0.15) is 35.1 Å². The van der Waals surface area contributed by atoms with Gasteiger partial charge in [0.05, 0.1) is 0 Å². The highest BCUT2D eigenvalue weighted by molar-refractivity contribution is 5.85. The number of nitrogens with zero attached hydrogens (tertiary/aromatic N) is 4. The number of hydrogen-bond donors (Lipinski definition) is 2. The van der Waals surface area contributed by atoms with E-state index < -0.39 is 5.97 Å². The first kappa shape index (κ1) is 16.3. The summed E-state index contributed by atoms with van der Waals surface area (Å²) in [5.41, 5.74) is 1.08. The Morgan fingerprint density at radius 3 is 2.54 bits per heavy atom. The van der Waals surface area contributed by atoms with Crippen molar-refractivity contribution in [3.8, 4) is 11.4 Å². The molecule has 0 saturated carbocycles. The lowest BCUT2D eigenvalue weighted by atomic mass is 9.96. The van der Waals surface area contributed by atoms with Gasteiger partial charge in [-0.25, -0.2) is 14.8 Å². The number of carboxylic acids is 1. The summed E-state index contributed by atoms with van der Waals surface area (Å²) in [5, 5.41) is 16.5. The molecule has 0 bridgehead atoms. The number of nitrogens with one attached hydrogen (secondary N) is 1. The second-order valence-electron chi connectivity index (χ2n) is 6.36. The Kier molecular flexibility index (Phi) is 4.35. The van der Waals surface area contributed by atoms with Gasteiger partial charge in [-0.2, -0.15) is 5.10 Å². The molecule has 4 rings (SSSR count).